The lowest BCUT2D eigenvalue weighted by molar-refractivity contribution is -0.137. The van der Waals surface area contributed by atoms with Gasteiger partial charge in [0, 0.05) is 31.7 Å². The molecular weight excluding hydrogens is 221 g/mol. The summed E-state index contributed by atoms with van der Waals surface area (Å²) in [5, 5.41) is 0. The molecule has 0 aliphatic carbocycles. The van der Waals surface area contributed by atoms with Crippen molar-refractivity contribution in [1.82, 2.24) is 4.90 Å². The van der Waals surface area contributed by atoms with Crippen molar-refractivity contribution in [2.75, 3.05) is 33.4 Å². The summed E-state index contributed by atoms with van der Waals surface area (Å²) in [6.07, 6.45) is -3.96. The Labute approximate surface area is 93.7 Å². The molecule has 1 fully saturated rings. The minimum absolute atomic E-state index is 0.00474. The minimum Gasteiger partial charge on any atom is -0.381 e. The van der Waals surface area contributed by atoms with Gasteiger partial charge in [0.15, 0.2) is 0 Å². The number of ether oxygens (including phenoxy) is 1. The van der Waals surface area contributed by atoms with Crippen LogP contribution in [-0.2, 0) is 4.74 Å². The Hall–Kier alpha value is -0.330. The van der Waals surface area contributed by atoms with Crippen molar-refractivity contribution in [3.05, 3.63) is 0 Å². The van der Waals surface area contributed by atoms with Crippen molar-refractivity contribution in [2.24, 2.45) is 11.7 Å². The quantitative estimate of drug-likeness (QED) is 0.785. The zero-order valence-corrected chi connectivity index (χ0v) is 9.46. The Kier molecular flexibility index (Phi) is 5.01. The molecule has 2 unspecified atom stereocenters. The minimum atomic E-state index is -4.09. The van der Waals surface area contributed by atoms with Gasteiger partial charge in [0.25, 0.3) is 0 Å². The molecule has 0 amide bonds. The number of halogens is 3. The lowest BCUT2D eigenvalue weighted by atomic mass is 9.99. The fourth-order valence-electron chi connectivity index (χ4n) is 1.81. The molecule has 2 atom stereocenters. The molecule has 0 saturated carbocycles. The van der Waals surface area contributed by atoms with Crippen molar-refractivity contribution >= 4 is 0 Å². The highest BCUT2D eigenvalue weighted by Gasteiger charge is 2.28. The van der Waals surface area contributed by atoms with Crippen LogP contribution in [0.1, 0.15) is 12.8 Å². The Morgan fingerprint density at radius 1 is 1.50 bits per heavy atom. The van der Waals surface area contributed by atoms with Crippen LogP contribution in [-0.4, -0.2) is 50.5 Å². The van der Waals surface area contributed by atoms with Gasteiger partial charge in [0.05, 0.1) is 13.0 Å². The largest absolute Gasteiger partial charge is 0.390 e. The second kappa shape index (κ2) is 5.84. The molecule has 0 aromatic rings. The molecule has 6 heteroatoms. The van der Waals surface area contributed by atoms with Crippen LogP contribution in [0.3, 0.4) is 0 Å². The summed E-state index contributed by atoms with van der Waals surface area (Å²) in [5.41, 5.74) is 5.92. The Morgan fingerprint density at radius 2 is 2.19 bits per heavy atom. The fourth-order valence-corrected chi connectivity index (χ4v) is 1.81. The molecule has 1 rings (SSSR count). The summed E-state index contributed by atoms with van der Waals surface area (Å²) in [6, 6.07) is -0.0965. The Balaban J connectivity index is 2.19. The summed E-state index contributed by atoms with van der Waals surface area (Å²) in [7, 11) is 1.67. The van der Waals surface area contributed by atoms with E-state index in [9.17, 15) is 13.2 Å². The summed E-state index contributed by atoms with van der Waals surface area (Å²) in [6.45, 7) is 1.84. The zero-order valence-electron chi connectivity index (χ0n) is 9.46. The number of nitrogens with two attached hydrogens (primary N) is 1. The maximum absolute atomic E-state index is 12.0. The average Bonchev–Trinajstić information content (AvgIpc) is 2.66. The third-order valence-electron chi connectivity index (χ3n) is 2.87. The van der Waals surface area contributed by atoms with Crippen molar-refractivity contribution < 1.29 is 17.9 Å². The molecule has 1 heterocycles. The number of rotatable bonds is 5. The van der Waals surface area contributed by atoms with E-state index in [0.29, 0.717) is 19.8 Å². The van der Waals surface area contributed by atoms with Crippen molar-refractivity contribution in [3.63, 3.8) is 0 Å². The maximum atomic E-state index is 12.0. The normalized spacial score (nSPS) is 24.0. The molecule has 0 aromatic heterocycles. The van der Waals surface area contributed by atoms with Gasteiger partial charge in [-0.15, -0.1) is 0 Å². The number of likely N-dealkylation sites (N-methyl/N-ethyl adjacent to an activating group) is 1. The molecule has 96 valence electrons. The van der Waals surface area contributed by atoms with E-state index in [0.717, 1.165) is 6.42 Å². The summed E-state index contributed by atoms with van der Waals surface area (Å²) >= 11 is 0. The van der Waals surface area contributed by atoms with Crippen LogP contribution in [0, 0.1) is 5.92 Å². The smallest absolute Gasteiger partial charge is 0.381 e. The third kappa shape index (κ3) is 5.14. The van der Waals surface area contributed by atoms with Crippen LogP contribution in [0.5, 0.6) is 0 Å². The van der Waals surface area contributed by atoms with Crippen LogP contribution in [0.15, 0.2) is 0 Å². The summed E-state index contributed by atoms with van der Waals surface area (Å²) in [5.74, 6) is 0.285. The monoisotopic (exact) mass is 240 g/mol. The molecule has 0 aromatic carbocycles. The second-order valence-corrected chi connectivity index (χ2v) is 4.41. The third-order valence-corrected chi connectivity index (χ3v) is 2.87. The van der Waals surface area contributed by atoms with Gasteiger partial charge in [-0.2, -0.15) is 13.2 Å². The average molecular weight is 240 g/mol. The summed E-state index contributed by atoms with van der Waals surface area (Å²) in [4.78, 5) is 1.64. The Morgan fingerprint density at radius 3 is 2.69 bits per heavy atom. The molecule has 16 heavy (non-hydrogen) atoms. The van der Waals surface area contributed by atoms with Gasteiger partial charge in [-0.25, -0.2) is 0 Å². The zero-order chi connectivity index (χ0) is 12.2. The standard InChI is InChI=1S/C10H19F3N2O/c1-15(4-3-10(11,12)13)6-9(14)8-2-5-16-7-8/h8-9H,2-7,14H2,1H3. The van der Waals surface area contributed by atoms with E-state index in [-0.39, 0.29) is 18.5 Å². The Bertz CT molecular complexity index is 205. The van der Waals surface area contributed by atoms with E-state index in [2.05, 4.69) is 0 Å². The van der Waals surface area contributed by atoms with E-state index in [4.69, 9.17) is 10.5 Å². The van der Waals surface area contributed by atoms with Crippen molar-refractivity contribution in [2.45, 2.75) is 25.1 Å². The van der Waals surface area contributed by atoms with Crippen molar-refractivity contribution in [1.29, 1.82) is 0 Å². The highest BCUT2D eigenvalue weighted by molar-refractivity contribution is 4.78. The number of hydrogen-bond acceptors (Lipinski definition) is 3. The molecule has 0 bridgehead atoms. The lowest BCUT2D eigenvalue weighted by Gasteiger charge is -2.24. The first-order valence-corrected chi connectivity index (χ1v) is 5.47. The first-order valence-electron chi connectivity index (χ1n) is 5.47. The van der Waals surface area contributed by atoms with Gasteiger partial charge in [-0.3, -0.25) is 0 Å². The predicted octanol–water partition coefficient (Wildman–Crippen LogP) is 1.23. The first-order chi connectivity index (χ1) is 7.38. The fraction of sp³-hybridized carbons (Fsp3) is 1.00. The topological polar surface area (TPSA) is 38.5 Å². The molecule has 1 aliphatic heterocycles. The highest BCUT2D eigenvalue weighted by atomic mass is 19.4. The van der Waals surface area contributed by atoms with Gasteiger partial charge < -0.3 is 15.4 Å². The summed E-state index contributed by atoms with van der Waals surface area (Å²) < 4.78 is 41.1. The molecule has 3 nitrogen and oxygen atoms in total. The second-order valence-electron chi connectivity index (χ2n) is 4.41. The van der Waals surface area contributed by atoms with E-state index in [1.807, 2.05) is 0 Å². The van der Waals surface area contributed by atoms with E-state index in [1.54, 1.807) is 11.9 Å². The van der Waals surface area contributed by atoms with Crippen LogP contribution in [0.25, 0.3) is 0 Å². The first kappa shape index (κ1) is 13.7. The molecule has 0 radical (unpaired) electrons. The van der Waals surface area contributed by atoms with Crippen molar-refractivity contribution in [3.8, 4) is 0 Å². The molecule has 1 aliphatic rings. The molecule has 1 saturated heterocycles. The SMILES string of the molecule is CN(CCC(F)(F)F)CC(N)C1CCOC1. The van der Waals surface area contributed by atoms with Crippen LogP contribution in [0.4, 0.5) is 13.2 Å². The van der Waals surface area contributed by atoms with Crippen LogP contribution in [0.2, 0.25) is 0 Å². The molecule has 0 spiro atoms. The number of nitrogens with zero attached hydrogens (tertiary/aromatic N) is 1. The van der Waals surface area contributed by atoms with Gasteiger partial charge in [0.1, 0.15) is 0 Å². The maximum Gasteiger partial charge on any atom is 0.390 e. The number of alkyl halides is 3. The van der Waals surface area contributed by atoms with E-state index in [1.165, 1.54) is 0 Å². The highest BCUT2D eigenvalue weighted by Crippen LogP contribution is 2.20. The van der Waals surface area contributed by atoms with E-state index < -0.39 is 12.6 Å². The predicted molar refractivity (Wildman–Crippen MR) is 55.1 cm³/mol. The van der Waals surface area contributed by atoms with Crippen LogP contribution >= 0.6 is 0 Å². The number of hydrogen-bond donors (Lipinski definition) is 1. The molecule has 2 N–H and O–H groups in total. The van der Waals surface area contributed by atoms with Crippen LogP contribution < -0.4 is 5.73 Å². The lowest BCUT2D eigenvalue weighted by Crippen LogP contribution is -2.42. The van der Waals surface area contributed by atoms with Gasteiger partial charge in [-0.1, -0.05) is 0 Å². The van der Waals surface area contributed by atoms with Gasteiger partial charge in [-0.05, 0) is 13.5 Å². The van der Waals surface area contributed by atoms with Gasteiger partial charge >= 0.3 is 6.18 Å². The molecular formula is C10H19F3N2O. The van der Waals surface area contributed by atoms with Gasteiger partial charge in [0.2, 0.25) is 0 Å². The van der Waals surface area contributed by atoms with E-state index >= 15 is 0 Å².